The van der Waals surface area contributed by atoms with Gasteiger partial charge in [-0.2, -0.15) is 0 Å². The number of ether oxygens (including phenoxy) is 1. The van der Waals surface area contributed by atoms with E-state index in [-0.39, 0.29) is 11.4 Å². The van der Waals surface area contributed by atoms with Crippen LogP contribution in [-0.4, -0.2) is 39.7 Å². The van der Waals surface area contributed by atoms with Gasteiger partial charge in [0.25, 0.3) is 0 Å². The van der Waals surface area contributed by atoms with Gasteiger partial charge in [-0.15, -0.1) is 5.46 Å². The maximum atomic E-state index is 11.4. The molecule has 19 heavy (non-hydrogen) atoms. The van der Waals surface area contributed by atoms with Crippen LogP contribution in [-0.2, 0) is 18.7 Å². The fourth-order valence-electron chi connectivity index (χ4n) is 2.46. The number of carbonyl (C=O) groups is 1. The minimum atomic E-state index is -1.85. The second-order valence-electron chi connectivity index (χ2n) is 5.50. The topological polar surface area (TPSA) is 54.0 Å². The lowest BCUT2D eigenvalue weighted by Crippen LogP contribution is -2.68. The molecule has 3 aliphatic rings. The number of benzene rings is 1. The minimum absolute atomic E-state index is 0.0462. The summed E-state index contributed by atoms with van der Waals surface area (Å²) in [6.45, 7) is 2.12. The van der Waals surface area contributed by atoms with E-state index in [1.807, 2.05) is 0 Å². The Morgan fingerprint density at radius 3 is 2.16 bits per heavy atom. The van der Waals surface area contributed by atoms with Crippen LogP contribution in [0.1, 0.15) is 17.3 Å². The molecule has 0 saturated carbocycles. The number of esters is 1. The molecule has 0 aromatic heterocycles. The van der Waals surface area contributed by atoms with E-state index in [4.69, 9.17) is 14.0 Å². The summed E-state index contributed by atoms with van der Waals surface area (Å²) in [5.74, 6) is -0.362. The van der Waals surface area contributed by atoms with Crippen molar-refractivity contribution < 1.29 is 23.5 Å². The molecule has 3 saturated heterocycles. The summed E-state index contributed by atoms with van der Waals surface area (Å²) in [4.78, 5) is 11.4. The van der Waals surface area contributed by atoms with E-state index in [1.54, 1.807) is 24.3 Å². The number of carbonyl (C=O) groups excluding carboxylic acids is 1. The maximum absolute atomic E-state index is 11.4. The molecule has 3 heterocycles. The largest absolute Gasteiger partial charge is 0.540 e. The van der Waals surface area contributed by atoms with Crippen LogP contribution < -0.4 is 5.46 Å². The molecule has 0 amide bonds. The van der Waals surface area contributed by atoms with E-state index in [1.165, 1.54) is 7.11 Å². The second kappa shape index (κ2) is 4.33. The Kier molecular flexibility index (Phi) is 2.89. The molecule has 0 aliphatic carbocycles. The zero-order valence-corrected chi connectivity index (χ0v) is 11.0. The third kappa shape index (κ3) is 2.06. The van der Waals surface area contributed by atoms with Crippen LogP contribution in [0.2, 0.25) is 0 Å². The molecule has 3 fully saturated rings. The van der Waals surface area contributed by atoms with Gasteiger partial charge in [-0.05, 0) is 0 Å². The van der Waals surface area contributed by atoms with E-state index in [0.29, 0.717) is 25.4 Å². The summed E-state index contributed by atoms with van der Waals surface area (Å²) >= 11 is 0. The van der Waals surface area contributed by atoms with Gasteiger partial charge in [0.2, 0.25) is 0 Å². The molecule has 0 atom stereocenters. The number of hydrogen-bond acceptors (Lipinski definition) is 5. The second-order valence-corrected chi connectivity index (χ2v) is 5.50. The van der Waals surface area contributed by atoms with Gasteiger partial charge < -0.3 is 18.7 Å². The van der Waals surface area contributed by atoms with Crippen molar-refractivity contribution in [3.8, 4) is 0 Å². The molecule has 6 heteroatoms. The van der Waals surface area contributed by atoms with Gasteiger partial charge in [-0.1, -0.05) is 31.2 Å². The first-order valence-electron chi connectivity index (χ1n) is 6.31. The Morgan fingerprint density at radius 1 is 1.16 bits per heavy atom. The van der Waals surface area contributed by atoms with Crippen LogP contribution in [0.25, 0.3) is 0 Å². The summed E-state index contributed by atoms with van der Waals surface area (Å²) in [5.41, 5.74) is 1.26. The van der Waals surface area contributed by atoms with Crippen LogP contribution in [0.5, 0.6) is 0 Å². The van der Waals surface area contributed by atoms with Crippen molar-refractivity contribution in [1.82, 2.24) is 0 Å². The summed E-state index contributed by atoms with van der Waals surface area (Å²) in [7, 11) is 1.36. The molecule has 1 aromatic carbocycles. The van der Waals surface area contributed by atoms with Crippen molar-refractivity contribution in [2.45, 2.75) is 6.92 Å². The highest BCUT2D eigenvalue weighted by molar-refractivity contribution is 6.75. The van der Waals surface area contributed by atoms with Gasteiger partial charge in [0, 0.05) is 25.2 Å². The Balaban J connectivity index is 1.85. The fourth-order valence-corrected chi connectivity index (χ4v) is 2.46. The quantitative estimate of drug-likeness (QED) is 0.580. The van der Waals surface area contributed by atoms with E-state index in [0.717, 1.165) is 5.46 Å². The van der Waals surface area contributed by atoms with E-state index in [2.05, 4.69) is 11.7 Å². The molecular formula is C13H16BO5-. The SMILES string of the molecule is COC(=O)c1ccc([B-]23OCC(C)(CO2)CO3)cc1. The summed E-state index contributed by atoms with van der Waals surface area (Å²) in [6.07, 6.45) is 0. The van der Waals surface area contributed by atoms with Crippen molar-refractivity contribution >= 4 is 18.2 Å². The molecule has 1 aromatic rings. The van der Waals surface area contributed by atoms with Crippen molar-refractivity contribution in [2.24, 2.45) is 5.41 Å². The molecule has 2 bridgehead atoms. The number of hydrogen-bond donors (Lipinski definition) is 0. The molecule has 0 N–H and O–H groups in total. The van der Waals surface area contributed by atoms with Crippen molar-refractivity contribution in [3.05, 3.63) is 29.8 Å². The van der Waals surface area contributed by atoms with Crippen molar-refractivity contribution in [3.63, 3.8) is 0 Å². The Hall–Kier alpha value is -1.37. The summed E-state index contributed by atoms with van der Waals surface area (Å²) in [6, 6.07) is 6.97. The van der Waals surface area contributed by atoms with E-state index < -0.39 is 6.75 Å². The maximum Gasteiger partial charge on any atom is 0.409 e. The van der Waals surface area contributed by atoms with Gasteiger partial charge in [-0.25, -0.2) is 4.79 Å². The van der Waals surface area contributed by atoms with Crippen LogP contribution >= 0.6 is 0 Å². The van der Waals surface area contributed by atoms with E-state index >= 15 is 0 Å². The lowest BCUT2D eigenvalue weighted by atomic mass is 9.64. The smallest absolute Gasteiger partial charge is 0.409 e. The monoisotopic (exact) mass is 263 g/mol. The predicted octanol–water partition coefficient (Wildman–Crippen LogP) is 0.702. The van der Waals surface area contributed by atoms with Crippen LogP contribution in [0.3, 0.4) is 0 Å². The fraction of sp³-hybridized carbons (Fsp3) is 0.462. The van der Waals surface area contributed by atoms with Gasteiger partial charge in [-0.3, -0.25) is 0 Å². The first-order chi connectivity index (χ1) is 9.07. The number of methoxy groups -OCH3 is 1. The highest BCUT2D eigenvalue weighted by atomic mass is 16.8. The Morgan fingerprint density at radius 2 is 1.68 bits per heavy atom. The molecule has 0 spiro atoms. The number of fused-ring (bicyclic) bond motifs is 3. The molecule has 0 radical (unpaired) electrons. The average molecular weight is 263 g/mol. The Labute approximate surface area is 111 Å². The summed E-state index contributed by atoms with van der Waals surface area (Å²) in [5, 5.41) is 0. The number of rotatable bonds is 2. The van der Waals surface area contributed by atoms with Gasteiger partial charge in [0.1, 0.15) is 0 Å². The molecule has 102 valence electrons. The zero-order valence-electron chi connectivity index (χ0n) is 11.0. The van der Waals surface area contributed by atoms with Gasteiger partial charge in [0.15, 0.2) is 0 Å². The first kappa shape index (κ1) is 12.7. The lowest BCUT2D eigenvalue weighted by Gasteiger charge is -2.58. The highest BCUT2D eigenvalue weighted by Crippen LogP contribution is 2.34. The summed E-state index contributed by atoms with van der Waals surface area (Å²) < 4.78 is 22.0. The average Bonchev–Trinajstić information content (AvgIpc) is 2.48. The molecule has 3 aliphatic heterocycles. The highest BCUT2D eigenvalue weighted by Gasteiger charge is 2.46. The van der Waals surface area contributed by atoms with Crippen LogP contribution in [0.4, 0.5) is 0 Å². The van der Waals surface area contributed by atoms with Crippen molar-refractivity contribution in [2.75, 3.05) is 26.9 Å². The van der Waals surface area contributed by atoms with Crippen LogP contribution in [0.15, 0.2) is 24.3 Å². The van der Waals surface area contributed by atoms with Gasteiger partial charge >= 0.3 is 12.7 Å². The lowest BCUT2D eigenvalue weighted by molar-refractivity contribution is -0.119. The first-order valence-corrected chi connectivity index (χ1v) is 6.31. The zero-order chi connectivity index (χ0) is 13.5. The minimum Gasteiger partial charge on any atom is -0.540 e. The third-order valence-corrected chi connectivity index (χ3v) is 3.69. The Bertz CT molecular complexity index is 474. The third-order valence-electron chi connectivity index (χ3n) is 3.69. The van der Waals surface area contributed by atoms with Crippen molar-refractivity contribution in [1.29, 1.82) is 0 Å². The molecule has 5 nitrogen and oxygen atoms in total. The molecular weight excluding hydrogens is 247 g/mol. The van der Waals surface area contributed by atoms with Crippen LogP contribution in [0, 0.1) is 5.41 Å². The molecule has 0 unspecified atom stereocenters. The molecule has 4 rings (SSSR count). The van der Waals surface area contributed by atoms with Gasteiger partial charge in [0.05, 0.1) is 12.7 Å². The normalized spacial score (nSPS) is 33.2. The standard InChI is InChI=1S/C13H16BO5/c1-13-7-17-14(18-8-13,19-9-13)11-5-3-10(4-6-11)12(15)16-2/h3-6H,7-9H2,1-2H3/q-1. The predicted molar refractivity (Wildman–Crippen MR) is 69.1 cm³/mol. The van der Waals surface area contributed by atoms with E-state index in [9.17, 15) is 4.79 Å².